The molecule has 4 heteroatoms. The number of hydrogen-bond acceptors (Lipinski definition) is 4. The Labute approximate surface area is 151 Å². The Morgan fingerprint density at radius 1 is 1.28 bits per heavy atom. The van der Waals surface area contributed by atoms with Gasteiger partial charge in [-0.1, -0.05) is 19.1 Å². The Bertz CT molecular complexity index is 647. The summed E-state index contributed by atoms with van der Waals surface area (Å²) in [5, 5.41) is 3.54. The van der Waals surface area contributed by atoms with E-state index in [4.69, 9.17) is 4.74 Å². The van der Waals surface area contributed by atoms with Crippen LogP contribution in [-0.4, -0.2) is 22.6 Å². The van der Waals surface area contributed by atoms with Crippen LogP contribution in [0.15, 0.2) is 42.9 Å². The Morgan fingerprint density at radius 2 is 2.20 bits per heavy atom. The molecule has 0 aliphatic heterocycles. The van der Waals surface area contributed by atoms with Crippen molar-refractivity contribution in [3.05, 3.63) is 54.1 Å². The molecule has 4 nitrogen and oxygen atoms in total. The summed E-state index contributed by atoms with van der Waals surface area (Å²) in [5.74, 6) is 2.38. The van der Waals surface area contributed by atoms with Crippen molar-refractivity contribution in [3.8, 4) is 5.75 Å². The summed E-state index contributed by atoms with van der Waals surface area (Å²) < 4.78 is 6.25. The van der Waals surface area contributed by atoms with E-state index in [1.165, 1.54) is 24.8 Å². The average molecular weight is 339 g/mol. The lowest BCUT2D eigenvalue weighted by molar-refractivity contribution is 0.102. The minimum Gasteiger partial charge on any atom is -0.490 e. The Balaban J connectivity index is 1.45. The van der Waals surface area contributed by atoms with Crippen LogP contribution in [0.5, 0.6) is 5.75 Å². The summed E-state index contributed by atoms with van der Waals surface area (Å²) in [7, 11) is 0. The number of benzene rings is 1. The lowest BCUT2D eigenvalue weighted by atomic mass is 9.79. The van der Waals surface area contributed by atoms with Crippen molar-refractivity contribution in [2.75, 3.05) is 6.54 Å². The van der Waals surface area contributed by atoms with Gasteiger partial charge in [-0.3, -0.25) is 0 Å². The summed E-state index contributed by atoms with van der Waals surface area (Å²) in [6, 6.07) is 10.4. The fraction of sp³-hybridized carbons (Fsp3) is 0.524. The second-order valence-electron chi connectivity index (χ2n) is 7.29. The maximum atomic E-state index is 6.25. The Kier molecular flexibility index (Phi) is 6.40. The van der Waals surface area contributed by atoms with E-state index in [0.717, 1.165) is 36.9 Å². The molecule has 0 saturated heterocycles. The minimum absolute atomic E-state index is 0.352. The lowest BCUT2D eigenvalue weighted by Crippen LogP contribution is -2.33. The quantitative estimate of drug-likeness (QED) is 0.823. The second kappa shape index (κ2) is 8.95. The van der Waals surface area contributed by atoms with Gasteiger partial charge < -0.3 is 10.1 Å². The summed E-state index contributed by atoms with van der Waals surface area (Å²) >= 11 is 0. The van der Waals surface area contributed by atoms with Gasteiger partial charge in [-0.05, 0) is 74.8 Å². The van der Waals surface area contributed by atoms with E-state index < -0.39 is 0 Å². The molecule has 3 atom stereocenters. The summed E-state index contributed by atoms with van der Waals surface area (Å²) in [5.41, 5.74) is 2.30. The van der Waals surface area contributed by atoms with Crippen LogP contribution < -0.4 is 10.1 Å². The molecule has 1 N–H and O–H groups in total. The average Bonchev–Trinajstić information content (AvgIpc) is 2.63. The van der Waals surface area contributed by atoms with Gasteiger partial charge in [0.05, 0.1) is 11.8 Å². The summed E-state index contributed by atoms with van der Waals surface area (Å²) in [6.45, 7) is 6.29. The van der Waals surface area contributed by atoms with Gasteiger partial charge in [0.1, 0.15) is 12.1 Å². The molecule has 1 aliphatic carbocycles. The monoisotopic (exact) mass is 339 g/mol. The topological polar surface area (TPSA) is 47.0 Å². The van der Waals surface area contributed by atoms with Crippen molar-refractivity contribution in [1.82, 2.24) is 15.3 Å². The number of aromatic nitrogens is 2. The number of rotatable bonds is 7. The van der Waals surface area contributed by atoms with E-state index in [2.05, 4.69) is 53.4 Å². The van der Waals surface area contributed by atoms with Gasteiger partial charge in [0.2, 0.25) is 0 Å². The molecule has 0 amide bonds. The van der Waals surface area contributed by atoms with E-state index in [0.29, 0.717) is 12.0 Å². The van der Waals surface area contributed by atoms with Crippen molar-refractivity contribution in [2.24, 2.45) is 11.8 Å². The smallest absolute Gasteiger partial charge is 0.119 e. The van der Waals surface area contributed by atoms with Gasteiger partial charge in [-0.2, -0.15) is 0 Å². The largest absolute Gasteiger partial charge is 0.490 e. The molecule has 1 fully saturated rings. The zero-order valence-corrected chi connectivity index (χ0v) is 15.3. The van der Waals surface area contributed by atoms with E-state index in [-0.39, 0.29) is 0 Å². The standard InChI is InChI=1S/C21H29N3O/c1-16-5-3-7-20(11-16)25-21-8-4-6-18(12-21)17(2)13-23-14-19-9-10-22-15-24-19/h3,5,7,9-11,15,17-18,21,23H,4,6,8,12-14H2,1-2H3/t17?,18?,21-/m1/s1. The third kappa shape index (κ3) is 5.53. The molecule has 1 aromatic heterocycles. The lowest BCUT2D eigenvalue weighted by Gasteiger charge is -2.33. The Morgan fingerprint density at radius 3 is 3.00 bits per heavy atom. The molecule has 2 unspecified atom stereocenters. The van der Waals surface area contributed by atoms with Gasteiger partial charge >= 0.3 is 0 Å². The van der Waals surface area contributed by atoms with Gasteiger partial charge in [0, 0.05) is 12.7 Å². The number of nitrogens with one attached hydrogen (secondary N) is 1. The molecule has 1 aliphatic rings. The number of ether oxygens (including phenoxy) is 1. The van der Waals surface area contributed by atoms with Crippen LogP contribution in [0, 0.1) is 18.8 Å². The molecular weight excluding hydrogens is 310 g/mol. The van der Waals surface area contributed by atoms with Crippen LogP contribution in [-0.2, 0) is 6.54 Å². The van der Waals surface area contributed by atoms with Crippen LogP contribution >= 0.6 is 0 Å². The Hall–Kier alpha value is -1.94. The molecule has 2 aromatic rings. The number of nitrogens with zero attached hydrogens (tertiary/aromatic N) is 2. The third-order valence-electron chi connectivity index (χ3n) is 5.18. The highest BCUT2D eigenvalue weighted by molar-refractivity contribution is 5.27. The molecular formula is C21H29N3O. The first kappa shape index (κ1) is 17.9. The first-order valence-corrected chi connectivity index (χ1v) is 9.39. The number of aryl methyl sites for hydroxylation is 1. The SMILES string of the molecule is Cc1cccc(O[C@@H]2CCCC(C(C)CNCc3ccncn3)C2)c1. The molecule has 1 saturated carbocycles. The first-order valence-electron chi connectivity index (χ1n) is 9.39. The van der Waals surface area contributed by atoms with Gasteiger partial charge in [-0.25, -0.2) is 9.97 Å². The van der Waals surface area contributed by atoms with Crippen molar-refractivity contribution in [2.45, 2.75) is 52.2 Å². The maximum Gasteiger partial charge on any atom is 0.119 e. The molecule has 134 valence electrons. The van der Waals surface area contributed by atoms with Crippen LogP contribution in [0.2, 0.25) is 0 Å². The third-order valence-corrected chi connectivity index (χ3v) is 5.18. The van der Waals surface area contributed by atoms with Crippen LogP contribution in [0.3, 0.4) is 0 Å². The maximum absolute atomic E-state index is 6.25. The molecule has 3 rings (SSSR count). The zero-order valence-electron chi connectivity index (χ0n) is 15.3. The van der Waals surface area contributed by atoms with Gasteiger partial charge in [0.15, 0.2) is 0 Å². The van der Waals surface area contributed by atoms with Crippen LogP contribution in [0.25, 0.3) is 0 Å². The van der Waals surface area contributed by atoms with Crippen LogP contribution in [0.4, 0.5) is 0 Å². The fourth-order valence-electron chi connectivity index (χ4n) is 3.70. The molecule has 0 radical (unpaired) electrons. The predicted molar refractivity (Wildman–Crippen MR) is 100 cm³/mol. The van der Waals surface area contributed by atoms with Gasteiger partial charge in [0.25, 0.3) is 0 Å². The highest BCUT2D eigenvalue weighted by atomic mass is 16.5. The van der Waals surface area contributed by atoms with E-state index in [1.807, 2.05) is 6.07 Å². The summed E-state index contributed by atoms with van der Waals surface area (Å²) in [4.78, 5) is 8.22. The van der Waals surface area contributed by atoms with Crippen LogP contribution in [0.1, 0.15) is 43.9 Å². The molecule has 0 bridgehead atoms. The van der Waals surface area contributed by atoms with E-state index in [1.54, 1.807) is 12.5 Å². The molecule has 1 heterocycles. The predicted octanol–water partition coefficient (Wildman–Crippen LogP) is 4.15. The van der Waals surface area contributed by atoms with Crippen molar-refractivity contribution < 1.29 is 4.74 Å². The minimum atomic E-state index is 0.352. The van der Waals surface area contributed by atoms with Crippen molar-refractivity contribution >= 4 is 0 Å². The number of hydrogen-bond donors (Lipinski definition) is 1. The highest BCUT2D eigenvalue weighted by Gasteiger charge is 2.27. The van der Waals surface area contributed by atoms with E-state index in [9.17, 15) is 0 Å². The zero-order chi connectivity index (χ0) is 17.5. The molecule has 25 heavy (non-hydrogen) atoms. The van der Waals surface area contributed by atoms with E-state index >= 15 is 0 Å². The molecule has 1 aromatic carbocycles. The van der Waals surface area contributed by atoms with Crippen molar-refractivity contribution in [3.63, 3.8) is 0 Å². The second-order valence-corrected chi connectivity index (χ2v) is 7.29. The highest BCUT2D eigenvalue weighted by Crippen LogP contribution is 2.32. The fourth-order valence-corrected chi connectivity index (χ4v) is 3.70. The summed E-state index contributed by atoms with van der Waals surface area (Å²) in [6.07, 6.45) is 8.65. The first-order chi connectivity index (χ1) is 12.2. The normalized spacial score (nSPS) is 21.7. The van der Waals surface area contributed by atoms with Gasteiger partial charge in [-0.15, -0.1) is 0 Å². The molecule has 0 spiro atoms. The van der Waals surface area contributed by atoms with Crippen molar-refractivity contribution in [1.29, 1.82) is 0 Å².